The van der Waals surface area contributed by atoms with Gasteiger partial charge in [-0.15, -0.1) is 0 Å². The number of aliphatic carboxylic acids is 1. The zero-order valence-electron chi connectivity index (χ0n) is 21.9. The van der Waals surface area contributed by atoms with Crippen molar-refractivity contribution in [2.45, 2.75) is 106 Å². The average molecular weight is 455 g/mol. The minimum atomic E-state index is -0.547. The van der Waals surface area contributed by atoms with Gasteiger partial charge in [-0.3, -0.25) is 9.59 Å². The summed E-state index contributed by atoms with van der Waals surface area (Å²) >= 11 is 0. The van der Waals surface area contributed by atoms with Crippen molar-refractivity contribution < 1.29 is 14.7 Å². The molecular formula is C30H46O3. The van der Waals surface area contributed by atoms with E-state index in [2.05, 4.69) is 48.1 Å². The summed E-state index contributed by atoms with van der Waals surface area (Å²) in [5.74, 6) is 2.07. The van der Waals surface area contributed by atoms with E-state index in [1.165, 1.54) is 18.4 Å². The first kappa shape index (κ1) is 23.6. The van der Waals surface area contributed by atoms with Crippen molar-refractivity contribution in [1.29, 1.82) is 0 Å². The van der Waals surface area contributed by atoms with Crippen LogP contribution in [0.5, 0.6) is 0 Å². The molecule has 0 spiro atoms. The number of carboxylic acid groups (broad SMARTS) is 1. The molecule has 0 amide bonds. The van der Waals surface area contributed by atoms with Crippen LogP contribution < -0.4 is 0 Å². The third-order valence-corrected chi connectivity index (χ3v) is 13.2. The molecular weight excluding hydrogens is 408 g/mol. The molecule has 0 saturated heterocycles. The van der Waals surface area contributed by atoms with Gasteiger partial charge >= 0.3 is 5.97 Å². The van der Waals surface area contributed by atoms with E-state index in [1.54, 1.807) is 0 Å². The molecule has 1 N–H and O–H groups in total. The molecule has 0 aromatic rings. The lowest BCUT2D eigenvalue weighted by Crippen LogP contribution is -2.66. The van der Waals surface area contributed by atoms with Gasteiger partial charge in [0.25, 0.3) is 0 Å². The molecule has 5 rings (SSSR count). The molecule has 33 heavy (non-hydrogen) atoms. The summed E-state index contributed by atoms with van der Waals surface area (Å²) in [4.78, 5) is 25.7. The molecule has 1 unspecified atom stereocenters. The van der Waals surface area contributed by atoms with Gasteiger partial charge in [-0.1, -0.05) is 46.8 Å². The Morgan fingerprint density at radius 1 is 0.879 bits per heavy atom. The van der Waals surface area contributed by atoms with Crippen LogP contribution in [0.4, 0.5) is 0 Å². The Hall–Kier alpha value is -1.12. The zero-order chi connectivity index (χ0) is 24.2. The van der Waals surface area contributed by atoms with Gasteiger partial charge < -0.3 is 5.11 Å². The number of Topliss-reactive ketones (excluding diaryl/α,β-unsaturated/α-hetero) is 1. The van der Waals surface area contributed by atoms with Crippen LogP contribution in [0.2, 0.25) is 0 Å². The van der Waals surface area contributed by atoms with Crippen molar-refractivity contribution in [2.75, 3.05) is 0 Å². The number of hydrogen-bond donors (Lipinski definition) is 1. The van der Waals surface area contributed by atoms with Gasteiger partial charge in [-0.2, -0.15) is 0 Å². The maximum Gasteiger partial charge on any atom is 0.309 e. The summed E-state index contributed by atoms with van der Waals surface area (Å²) in [5, 5.41) is 10.5. The second-order valence-corrected chi connectivity index (χ2v) is 14.3. The smallest absolute Gasteiger partial charge is 0.309 e. The van der Waals surface area contributed by atoms with E-state index < -0.39 is 11.4 Å². The minimum absolute atomic E-state index is 0.164. The third kappa shape index (κ3) is 2.69. The van der Waals surface area contributed by atoms with Crippen LogP contribution in [0.25, 0.3) is 0 Å². The highest BCUT2D eigenvalue weighted by Gasteiger charge is 2.72. The van der Waals surface area contributed by atoms with Gasteiger partial charge in [-0.05, 0) is 111 Å². The summed E-state index contributed by atoms with van der Waals surface area (Å²) in [7, 11) is 0. The van der Waals surface area contributed by atoms with E-state index in [9.17, 15) is 14.7 Å². The van der Waals surface area contributed by atoms with E-state index >= 15 is 0 Å². The van der Waals surface area contributed by atoms with E-state index in [4.69, 9.17) is 0 Å². The Balaban J connectivity index is 1.57. The predicted molar refractivity (Wildman–Crippen MR) is 132 cm³/mol. The van der Waals surface area contributed by atoms with Crippen LogP contribution in [0, 0.1) is 56.7 Å². The molecule has 3 nitrogen and oxygen atoms in total. The number of rotatable bonds is 2. The molecule has 3 heteroatoms. The summed E-state index contributed by atoms with van der Waals surface area (Å²) in [5.41, 5.74) is 1.03. The first-order chi connectivity index (χ1) is 15.3. The largest absolute Gasteiger partial charge is 0.481 e. The lowest BCUT2D eigenvalue weighted by molar-refractivity contribution is -0.235. The first-order valence-electron chi connectivity index (χ1n) is 13.7. The molecule has 5 saturated carbocycles. The van der Waals surface area contributed by atoms with Crippen molar-refractivity contribution in [3.05, 3.63) is 12.2 Å². The topological polar surface area (TPSA) is 54.4 Å². The predicted octanol–water partition coefficient (Wildman–Crippen LogP) is 7.30. The highest BCUT2D eigenvalue weighted by molar-refractivity contribution is 5.85. The van der Waals surface area contributed by atoms with Crippen molar-refractivity contribution in [3.63, 3.8) is 0 Å². The fraction of sp³-hybridized carbons (Fsp3) is 0.867. The van der Waals surface area contributed by atoms with Crippen LogP contribution in [-0.2, 0) is 9.59 Å². The van der Waals surface area contributed by atoms with E-state index in [0.29, 0.717) is 29.5 Å². The number of fused-ring (bicyclic) bond motifs is 7. The van der Waals surface area contributed by atoms with Gasteiger partial charge in [0.05, 0.1) is 5.41 Å². The summed E-state index contributed by atoms with van der Waals surface area (Å²) < 4.78 is 0. The van der Waals surface area contributed by atoms with Crippen LogP contribution in [0.1, 0.15) is 106 Å². The number of carbonyl (C=O) groups is 2. The van der Waals surface area contributed by atoms with Gasteiger partial charge in [-0.25, -0.2) is 0 Å². The normalized spacial score (nSPS) is 52.8. The maximum absolute atomic E-state index is 12.9. The second kappa shape index (κ2) is 6.97. The summed E-state index contributed by atoms with van der Waals surface area (Å²) in [6, 6.07) is 0. The number of hydrogen-bond acceptors (Lipinski definition) is 2. The molecule has 0 aliphatic heterocycles. The second-order valence-electron chi connectivity index (χ2n) is 14.3. The molecule has 0 bridgehead atoms. The number of carboxylic acids is 1. The Morgan fingerprint density at radius 2 is 1.58 bits per heavy atom. The van der Waals surface area contributed by atoms with Crippen molar-refractivity contribution >= 4 is 11.8 Å². The minimum Gasteiger partial charge on any atom is -0.481 e. The van der Waals surface area contributed by atoms with Crippen molar-refractivity contribution in [3.8, 4) is 0 Å². The number of carbonyl (C=O) groups excluding carboxylic acids is 1. The van der Waals surface area contributed by atoms with Gasteiger partial charge in [0, 0.05) is 11.8 Å². The standard InChI is InChI=1S/C30H46O3/c1-18(2)19-10-15-30(25(32)33)17-16-28(6)20(24(19)30)8-9-22-27(5)13-12-23(31)26(3,4)21(27)11-14-29(22,28)7/h19-22,24H,1,8-17H2,2-7H3,(H,32,33)/t19?,20-,21-,22-,24-,27-,28+,29+,30-/m0/s1. The van der Waals surface area contributed by atoms with E-state index in [0.717, 1.165) is 51.4 Å². The van der Waals surface area contributed by atoms with E-state index in [-0.39, 0.29) is 27.6 Å². The fourth-order valence-electron chi connectivity index (χ4n) is 11.3. The van der Waals surface area contributed by atoms with Crippen LogP contribution in [0.15, 0.2) is 12.2 Å². The fourth-order valence-corrected chi connectivity index (χ4v) is 11.3. The molecule has 5 fully saturated rings. The number of ketones is 1. The highest BCUT2D eigenvalue weighted by Crippen LogP contribution is 2.77. The third-order valence-electron chi connectivity index (χ3n) is 13.2. The Kier molecular flexibility index (Phi) is 4.99. The quantitative estimate of drug-likeness (QED) is 0.445. The molecule has 184 valence electrons. The molecule has 5 aliphatic rings. The monoisotopic (exact) mass is 454 g/mol. The molecule has 9 atom stereocenters. The Bertz CT molecular complexity index is 902. The SMILES string of the molecule is C=C(C)C1CC[C@]2(C(=O)O)CC[C@]3(C)[C@@H](CC[C@H]4[C@@]5(C)CCC(=O)C(C)(C)[C@@H]5CC[C@]43C)[C@H]12. The Labute approximate surface area is 201 Å². The van der Waals surface area contributed by atoms with Crippen LogP contribution >= 0.6 is 0 Å². The summed E-state index contributed by atoms with van der Waals surface area (Å²) in [6.45, 7) is 18.5. The number of allylic oxidation sites excluding steroid dienone is 1. The molecule has 0 aromatic heterocycles. The summed E-state index contributed by atoms with van der Waals surface area (Å²) in [6.07, 6.45) is 10.1. The lowest BCUT2D eigenvalue weighted by atomic mass is 9.32. The molecule has 0 aromatic carbocycles. The zero-order valence-corrected chi connectivity index (χ0v) is 21.9. The Morgan fingerprint density at radius 3 is 2.21 bits per heavy atom. The first-order valence-corrected chi connectivity index (χ1v) is 13.7. The lowest BCUT2D eigenvalue weighted by Gasteiger charge is -2.72. The maximum atomic E-state index is 12.9. The van der Waals surface area contributed by atoms with Gasteiger partial charge in [0.2, 0.25) is 0 Å². The molecule has 5 aliphatic carbocycles. The van der Waals surface area contributed by atoms with E-state index in [1.807, 2.05) is 0 Å². The van der Waals surface area contributed by atoms with Crippen LogP contribution in [0.3, 0.4) is 0 Å². The van der Waals surface area contributed by atoms with Crippen molar-refractivity contribution in [1.82, 2.24) is 0 Å². The van der Waals surface area contributed by atoms with Crippen molar-refractivity contribution in [2.24, 2.45) is 56.7 Å². The highest BCUT2D eigenvalue weighted by atomic mass is 16.4. The van der Waals surface area contributed by atoms with Gasteiger partial charge in [0.15, 0.2) is 0 Å². The average Bonchev–Trinajstić information content (AvgIpc) is 3.13. The van der Waals surface area contributed by atoms with Crippen LogP contribution in [-0.4, -0.2) is 16.9 Å². The van der Waals surface area contributed by atoms with Gasteiger partial charge in [0.1, 0.15) is 5.78 Å². The molecule has 0 heterocycles. The molecule has 0 radical (unpaired) electrons.